The summed E-state index contributed by atoms with van der Waals surface area (Å²) in [7, 11) is 0. The van der Waals surface area contributed by atoms with Crippen LogP contribution in [0.25, 0.3) is 0 Å². The minimum absolute atomic E-state index is 0.0111. The molecule has 5 heterocycles. The van der Waals surface area contributed by atoms with Gasteiger partial charge in [0.2, 0.25) is 6.29 Å². The molecular formula is C60H96O28. The number of ether oxygens (including phenoxy) is 10. The number of hydrogen-bond donors (Lipinski definition) is 16. The van der Waals surface area contributed by atoms with Crippen molar-refractivity contribution >= 4 is 11.9 Å². The standard InChI is InChI=1S/C60H96O28/c1-23-32(64)36(68)42(74)49(79-23)85-45-38(70)34(66)27(20-61)81-51(45)87-47-41(73)40(72)44(48(76)77)84-53(47)83-31-12-13-56(5)29(57(31,6)22-63)11-14-59(8)30(56)10-9-25-26-19-55(3,4)15-17-60(26,18-16-58(25,59)7)54(78)88-52-46(39(71)35(67)28(21-62)82-52)86-50-43(75)37(69)33(65)24(2)80-50/h9,23-24,26-47,49-53,61-75H,10-22H2,1-8H3,(H,76,77). The Balaban J connectivity index is 0.913. The van der Waals surface area contributed by atoms with Crippen LogP contribution in [0.3, 0.4) is 0 Å². The molecule has 0 amide bonds. The minimum atomic E-state index is -2.15. The van der Waals surface area contributed by atoms with Crippen LogP contribution in [0.4, 0.5) is 0 Å². The number of hydrogen-bond acceptors (Lipinski definition) is 27. The SMILES string of the molecule is CC1OC(OC2C(OC(=O)C34CCC(C)(C)CC3C3=CCC5C6(C)CCC(OC7OC(C(=O)O)C(O)C(O)C7OC7OC(CO)C(O)C(O)C7OC7OC(C)C(O)C(O)C7O)C(C)(CO)C6CCC5(C)C3(C)CC4)OC(CO)C(O)C2O)C(O)C(O)C1O. The van der Waals surface area contributed by atoms with E-state index < -0.39 is 218 Å². The van der Waals surface area contributed by atoms with Gasteiger partial charge in [0.05, 0.1) is 43.5 Å². The first-order valence-electron chi connectivity index (χ1n) is 31.2. The molecule has 0 aromatic heterocycles. The molecule has 34 unspecified atom stereocenters. The van der Waals surface area contributed by atoms with E-state index in [0.29, 0.717) is 57.8 Å². The van der Waals surface area contributed by atoms with Gasteiger partial charge in [0.15, 0.2) is 37.4 Å². The van der Waals surface area contributed by atoms with E-state index >= 15 is 4.79 Å². The molecule has 34 atom stereocenters. The fraction of sp³-hybridized carbons (Fsp3) is 0.933. The van der Waals surface area contributed by atoms with E-state index in [1.54, 1.807) is 0 Å². The largest absolute Gasteiger partial charge is 0.479 e. The predicted octanol–water partition coefficient (Wildman–Crippen LogP) is -3.09. The van der Waals surface area contributed by atoms with Gasteiger partial charge >= 0.3 is 11.9 Å². The Kier molecular flexibility index (Phi) is 19.6. The van der Waals surface area contributed by atoms with Crippen LogP contribution in [0.1, 0.15) is 120 Å². The number of carbonyl (C=O) groups excluding carboxylic acids is 1. The van der Waals surface area contributed by atoms with Gasteiger partial charge in [-0.1, -0.05) is 53.2 Å². The van der Waals surface area contributed by atoms with E-state index in [0.717, 1.165) is 5.57 Å². The summed E-state index contributed by atoms with van der Waals surface area (Å²) in [5.74, 6) is -2.92. The molecular weight excluding hydrogens is 1170 g/mol. The molecule has 5 aliphatic heterocycles. The first-order chi connectivity index (χ1) is 41.2. The van der Waals surface area contributed by atoms with Crippen molar-refractivity contribution in [3.8, 4) is 0 Å². The molecule has 16 N–H and O–H groups in total. The maximum Gasteiger partial charge on any atom is 0.335 e. The van der Waals surface area contributed by atoms with E-state index in [-0.39, 0.29) is 29.6 Å². The van der Waals surface area contributed by atoms with Gasteiger partial charge in [-0.05, 0) is 117 Å². The highest BCUT2D eigenvalue weighted by Crippen LogP contribution is 2.76. The molecule has 10 aliphatic rings. The molecule has 28 nitrogen and oxygen atoms in total. The van der Waals surface area contributed by atoms with Crippen molar-refractivity contribution in [3.63, 3.8) is 0 Å². The van der Waals surface area contributed by atoms with Gasteiger partial charge in [-0.3, -0.25) is 4.79 Å². The van der Waals surface area contributed by atoms with Crippen molar-refractivity contribution in [1.29, 1.82) is 0 Å². The zero-order valence-corrected chi connectivity index (χ0v) is 51.1. The maximum absolute atomic E-state index is 15.4. The van der Waals surface area contributed by atoms with Gasteiger partial charge in [0.25, 0.3) is 0 Å². The van der Waals surface area contributed by atoms with Crippen molar-refractivity contribution in [2.24, 2.45) is 50.2 Å². The summed E-state index contributed by atoms with van der Waals surface area (Å²) >= 11 is 0. The predicted molar refractivity (Wildman–Crippen MR) is 295 cm³/mol. The fourth-order valence-electron chi connectivity index (χ4n) is 17.8. The number of rotatable bonds is 14. The lowest BCUT2D eigenvalue weighted by molar-refractivity contribution is -0.396. The maximum atomic E-state index is 15.4. The highest BCUT2D eigenvalue weighted by Gasteiger charge is 2.71. The topological polar surface area (TPSA) is 450 Å². The normalized spacial score (nSPS) is 54.6. The number of carboxylic acid groups (broad SMARTS) is 1. The average Bonchev–Trinajstić information content (AvgIpc) is 0.693. The van der Waals surface area contributed by atoms with Gasteiger partial charge in [-0.25, -0.2) is 4.79 Å². The average molecular weight is 1270 g/mol. The van der Waals surface area contributed by atoms with E-state index in [2.05, 4.69) is 40.7 Å². The third-order valence-corrected chi connectivity index (χ3v) is 23.6. The molecule has 28 heteroatoms. The molecule has 0 radical (unpaired) electrons. The van der Waals surface area contributed by atoms with Crippen LogP contribution in [0, 0.1) is 50.2 Å². The molecule has 10 rings (SSSR count). The fourth-order valence-corrected chi connectivity index (χ4v) is 17.8. The number of carboxylic acids is 1. The Labute approximate surface area is 510 Å². The second kappa shape index (κ2) is 25.1. The Morgan fingerprint density at radius 3 is 1.56 bits per heavy atom. The first kappa shape index (κ1) is 68.6. The first-order valence-corrected chi connectivity index (χ1v) is 31.2. The van der Waals surface area contributed by atoms with Crippen molar-refractivity contribution in [2.75, 3.05) is 19.8 Å². The van der Waals surface area contributed by atoms with Crippen LogP contribution in [0.2, 0.25) is 0 Å². The van der Waals surface area contributed by atoms with Gasteiger partial charge in [-0.2, -0.15) is 0 Å². The van der Waals surface area contributed by atoms with Crippen molar-refractivity contribution in [3.05, 3.63) is 11.6 Å². The van der Waals surface area contributed by atoms with Crippen LogP contribution >= 0.6 is 0 Å². The zero-order valence-electron chi connectivity index (χ0n) is 51.1. The van der Waals surface area contributed by atoms with E-state index in [4.69, 9.17) is 47.4 Å². The lowest BCUT2D eigenvalue weighted by Crippen LogP contribution is -2.68. The monoisotopic (exact) mass is 1260 g/mol. The summed E-state index contributed by atoms with van der Waals surface area (Å²) in [6.07, 6.45) is -36.9. The van der Waals surface area contributed by atoms with Gasteiger partial charge < -0.3 is 129 Å². The van der Waals surface area contributed by atoms with E-state index in [1.165, 1.54) is 13.8 Å². The lowest BCUT2D eigenvalue weighted by atomic mass is 9.33. The van der Waals surface area contributed by atoms with E-state index in [1.807, 2.05) is 6.92 Å². The Hall–Kier alpha value is -2.28. The number of esters is 1. The quantitative estimate of drug-likeness (QED) is 0.0466. The third-order valence-electron chi connectivity index (χ3n) is 23.6. The Bertz CT molecular complexity index is 2510. The summed E-state index contributed by atoms with van der Waals surface area (Å²) in [6.45, 7) is 13.8. The minimum Gasteiger partial charge on any atom is -0.479 e. The summed E-state index contributed by atoms with van der Waals surface area (Å²) in [5.41, 5.74) is -2.70. The molecule has 0 spiro atoms. The number of aliphatic hydroxyl groups is 15. The lowest BCUT2D eigenvalue weighted by Gasteiger charge is -2.71. The molecule has 88 heavy (non-hydrogen) atoms. The Morgan fingerprint density at radius 2 is 1.02 bits per heavy atom. The molecule has 4 saturated carbocycles. The van der Waals surface area contributed by atoms with Gasteiger partial charge in [-0.15, -0.1) is 0 Å². The highest BCUT2D eigenvalue weighted by molar-refractivity contribution is 5.79. The van der Waals surface area contributed by atoms with Crippen LogP contribution in [0.15, 0.2) is 11.6 Å². The number of carbonyl (C=O) groups is 2. The second-order valence-electron chi connectivity index (χ2n) is 28.9. The summed E-state index contributed by atoms with van der Waals surface area (Å²) in [6, 6.07) is 0. The highest BCUT2D eigenvalue weighted by atomic mass is 16.8. The summed E-state index contributed by atoms with van der Waals surface area (Å²) < 4.78 is 60.3. The van der Waals surface area contributed by atoms with Gasteiger partial charge in [0, 0.05) is 5.41 Å². The second-order valence-corrected chi connectivity index (χ2v) is 28.9. The Morgan fingerprint density at radius 1 is 0.523 bits per heavy atom. The number of allylic oxidation sites excluding steroid dienone is 2. The molecule has 0 aromatic carbocycles. The summed E-state index contributed by atoms with van der Waals surface area (Å²) in [4.78, 5) is 28.0. The van der Waals surface area contributed by atoms with Crippen LogP contribution in [-0.2, 0) is 57.0 Å². The molecule has 9 fully saturated rings. The number of aliphatic carboxylic acids is 1. The van der Waals surface area contributed by atoms with Crippen LogP contribution in [0.5, 0.6) is 0 Å². The number of aliphatic hydroxyl groups excluding tert-OH is 15. The van der Waals surface area contributed by atoms with Crippen molar-refractivity contribution in [1.82, 2.24) is 0 Å². The molecule has 504 valence electrons. The van der Waals surface area contributed by atoms with Crippen LogP contribution < -0.4 is 0 Å². The number of fused-ring (bicyclic) bond motifs is 7. The molecule has 0 bridgehead atoms. The smallest absolute Gasteiger partial charge is 0.335 e. The molecule has 5 saturated heterocycles. The zero-order chi connectivity index (χ0) is 64.4. The van der Waals surface area contributed by atoms with E-state index in [9.17, 15) is 86.5 Å². The third kappa shape index (κ3) is 11.2. The van der Waals surface area contributed by atoms with Crippen LogP contribution in [-0.4, -0.2) is 273 Å². The van der Waals surface area contributed by atoms with Crippen molar-refractivity contribution in [2.45, 2.75) is 279 Å². The van der Waals surface area contributed by atoms with Gasteiger partial charge in [0.1, 0.15) is 97.7 Å². The molecule has 0 aromatic rings. The molecule has 5 aliphatic carbocycles. The summed E-state index contributed by atoms with van der Waals surface area (Å²) in [5, 5.41) is 174. The van der Waals surface area contributed by atoms with Crippen molar-refractivity contribution < 1.29 is 139 Å².